The average molecular weight is 340 g/mol. The first-order valence-corrected chi connectivity index (χ1v) is 9.54. The first-order chi connectivity index (χ1) is 12.3. The van der Waals surface area contributed by atoms with E-state index >= 15 is 0 Å². The summed E-state index contributed by atoms with van der Waals surface area (Å²) in [6.45, 7) is 5.69. The van der Waals surface area contributed by atoms with Gasteiger partial charge in [0.15, 0.2) is 0 Å². The van der Waals surface area contributed by atoms with E-state index in [0.29, 0.717) is 19.2 Å². The van der Waals surface area contributed by atoms with Gasteiger partial charge in [0.05, 0.1) is 0 Å². The lowest BCUT2D eigenvalue weighted by Gasteiger charge is -2.27. The Morgan fingerprint density at radius 3 is 2.84 bits per heavy atom. The fraction of sp³-hybridized carbons (Fsp3) is 0.524. The third kappa shape index (κ3) is 3.97. The quantitative estimate of drug-likeness (QED) is 0.908. The first-order valence-electron chi connectivity index (χ1n) is 9.54. The highest BCUT2D eigenvalue weighted by Gasteiger charge is 2.29. The van der Waals surface area contributed by atoms with Gasteiger partial charge in [-0.15, -0.1) is 0 Å². The molecular weight excluding hydrogens is 312 g/mol. The summed E-state index contributed by atoms with van der Waals surface area (Å²) in [5.74, 6) is 0.856. The Labute approximate surface area is 150 Å². The summed E-state index contributed by atoms with van der Waals surface area (Å²) in [4.78, 5) is 5.05. The molecule has 0 aromatic heterocycles. The minimum atomic E-state index is -0.452. The number of benzene rings is 2. The zero-order valence-corrected chi connectivity index (χ0v) is 14.8. The zero-order chi connectivity index (χ0) is 17.1. The molecule has 2 aliphatic heterocycles. The number of hydrogen-bond acceptors (Lipinski definition) is 4. The van der Waals surface area contributed by atoms with Gasteiger partial charge < -0.3 is 9.84 Å². The minimum absolute atomic E-state index is 0.346. The smallest absolute Gasteiger partial charge is 0.127 e. The molecule has 0 aliphatic carbocycles. The molecule has 1 N–H and O–H groups in total. The van der Waals surface area contributed by atoms with Crippen LogP contribution >= 0.6 is 0 Å². The van der Waals surface area contributed by atoms with Crippen molar-refractivity contribution in [3.05, 3.63) is 42.5 Å². The molecule has 2 aliphatic rings. The van der Waals surface area contributed by atoms with E-state index in [-0.39, 0.29) is 0 Å². The second kappa shape index (κ2) is 7.73. The molecule has 2 atom stereocenters. The maximum absolute atomic E-state index is 10.5. The molecule has 0 amide bonds. The molecule has 0 spiro atoms. The molecular formula is C21H28N2O2. The molecule has 2 saturated heterocycles. The predicted octanol–water partition coefficient (Wildman–Crippen LogP) is 2.75. The Morgan fingerprint density at radius 2 is 1.88 bits per heavy atom. The topological polar surface area (TPSA) is 35.9 Å². The van der Waals surface area contributed by atoms with Crippen LogP contribution in [0.4, 0.5) is 0 Å². The fourth-order valence-corrected chi connectivity index (χ4v) is 4.31. The van der Waals surface area contributed by atoms with Crippen LogP contribution in [0.25, 0.3) is 10.8 Å². The number of hydrogen-bond donors (Lipinski definition) is 1. The second-order valence-electron chi connectivity index (χ2n) is 7.39. The van der Waals surface area contributed by atoms with Crippen LogP contribution < -0.4 is 4.74 Å². The number of aliphatic hydroxyl groups excluding tert-OH is 1. The van der Waals surface area contributed by atoms with Gasteiger partial charge in [-0.05, 0) is 50.3 Å². The molecule has 0 unspecified atom stereocenters. The Hall–Kier alpha value is -1.62. The number of fused-ring (bicyclic) bond motifs is 2. The van der Waals surface area contributed by atoms with Gasteiger partial charge in [0.25, 0.3) is 0 Å². The van der Waals surface area contributed by atoms with Crippen molar-refractivity contribution in [2.75, 3.05) is 39.3 Å². The number of rotatable bonds is 5. The third-order valence-electron chi connectivity index (χ3n) is 5.54. The molecule has 2 aromatic rings. The van der Waals surface area contributed by atoms with Crippen LogP contribution in [0.1, 0.15) is 19.3 Å². The van der Waals surface area contributed by atoms with Gasteiger partial charge in [0.2, 0.25) is 0 Å². The van der Waals surface area contributed by atoms with E-state index in [1.165, 1.54) is 37.7 Å². The van der Waals surface area contributed by atoms with Crippen molar-refractivity contribution in [3.8, 4) is 5.75 Å². The summed E-state index contributed by atoms with van der Waals surface area (Å²) < 4.78 is 5.95. The molecule has 4 heteroatoms. The molecule has 134 valence electrons. The maximum atomic E-state index is 10.5. The van der Waals surface area contributed by atoms with E-state index in [9.17, 15) is 5.11 Å². The molecule has 2 heterocycles. The van der Waals surface area contributed by atoms with E-state index in [4.69, 9.17) is 4.74 Å². The lowest BCUT2D eigenvalue weighted by molar-refractivity contribution is 0.0663. The predicted molar refractivity (Wildman–Crippen MR) is 101 cm³/mol. The van der Waals surface area contributed by atoms with Crippen LogP contribution in [0, 0.1) is 0 Å². The van der Waals surface area contributed by atoms with Gasteiger partial charge in [-0.2, -0.15) is 0 Å². The van der Waals surface area contributed by atoms with E-state index in [1.807, 2.05) is 24.3 Å². The Morgan fingerprint density at radius 1 is 1.04 bits per heavy atom. The SMILES string of the molecule is O[C@@H](COc1cccc2ccccc12)CN1CCCN2CCC[C@@H]2C1. The van der Waals surface area contributed by atoms with E-state index in [0.717, 1.165) is 24.2 Å². The van der Waals surface area contributed by atoms with Crippen LogP contribution in [0.15, 0.2) is 42.5 Å². The van der Waals surface area contributed by atoms with Crippen molar-refractivity contribution in [2.45, 2.75) is 31.4 Å². The van der Waals surface area contributed by atoms with Crippen LogP contribution in [0.2, 0.25) is 0 Å². The Balaban J connectivity index is 1.33. The van der Waals surface area contributed by atoms with Crippen molar-refractivity contribution < 1.29 is 9.84 Å². The van der Waals surface area contributed by atoms with Gasteiger partial charge >= 0.3 is 0 Å². The molecule has 0 saturated carbocycles. The summed E-state index contributed by atoms with van der Waals surface area (Å²) >= 11 is 0. The van der Waals surface area contributed by atoms with E-state index in [2.05, 4.69) is 28.0 Å². The summed E-state index contributed by atoms with van der Waals surface area (Å²) in [7, 11) is 0. The fourth-order valence-electron chi connectivity index (χ4n) is 4.31. The Bertz CT molecular complexity index is 700. The molecule has 4 rings (SSSR count). The van der Waals surface area contributed by atoms with Gasteiger partial charge in [-0.1, -0.05) is 36.4 Å². The van der Waals surface area contributed by atoms with Crippen LogP contribution in [0.5, 0.6) is 5.75 Å². The maximum Gasteiger partial charge on any atom is 0.127 e. The first kappa shape index (κ1) is 16.8. The van der Waals surface area contributed by atoms with Crippen molar-refractivity contribution in [2.24, 2.45) is 0 Å². The number of ether oxygens (including phenoxy) is 1. The highest BCUT2D eigenvalue weighted by atomic mass is 16.5. The van der Waals surface area contributed by atoms with Gasteiger partial charge in [-0.3, -0.25) is 9.80 Å². The van der Waals surface area contributed by atoms with E-state index in [1.54, 1.807) is 0 Å². The Kier molecular flexibility index (Phi) is 5.20. The largest absolute Gasteiger partial charge is 0.490 e. The lowest BCUT2D eigenvalue weighted by atomic mass is 10.1. The molecule has 0 radical (unpaired) electrons. The third-order valence-corrected chi connectivity index (χ3v) is 5.54. The summed E-state index contributed by atoms with van der Waals surface area (Å²) in [5, 5.41) is 12.8. The minimum Gasteiger partial charge on any atom is -0.490 e. The number of aliphatic hydroxyl groups is 1. The monoisotopic (exact) mass is 340 g/mol. The van der Waals surface area contributed by atoms with Crippen LogP contribution in [-0.2, 0) is 0 Å². The molecule has 0 bridgehead atoms. The zero-order valence-electron chi connectivity index (χ0n) is 14.8. The highest BCUT2D eigenvalue weighted by molar-refractivity contribution is 5.88. The number of nitrogens with zero attached hydrogens (tertiary/aromatic N) is 2. The number of β-amino-alcohol motifs (C(OH)–C–C–N with tert-alkyl or cyclic N) is 1. The van der Waals surface area contributed by atoms with Crippen molar-refractivity contribution in [1.82, 2.24) is 9.80 Å². The molecule has 2 aromatic carbocycles. The molecule has 2 fully saturated rings. The van der Waals surface area contributed by atoms with Crippen LogP contribution in [0.3, 0.4) is 0 Å². The molecule has 25 heavy (non-hydrogen) atoms. The van der Waals surface area contributed by atoms with Gasteiger partial charge in [0.1, 0.15) is 18.5 Å². The van der Waals surface area contributed by atoms with Crippen LogP contribution in [-0.4, -0.2) is 66.4 Å². The van der Waals surface area contributed by atoms with E-state index < -0.39 is 6.10 Å². The molecule has 4 nitrogen and oxygen atoms in total. The summed E-state index contributed by atoms with van der Waals surface area (Å²) in [5.41, 5.74) is 0. The highest BCUT2D eigenvalue weighted by Crippen LogP contribution is 2.25. The standard InChI is InChI=1S/C21H28N2O2/c24-19(15-22-11-5-13-23-12-4-8-18(23)14-22)16-25-21-10-3-7-17-6-1-2-9-20(17)21/h1-3,6-7,9-10,18-19,24H,4-5,8,11-16H2/t18-,19-/m1/s1. The lowest BCUT2D eigenvalue weighted by Crippen LogP contribution is -2.41. The van der Waals surface area contributed by atoms with Crippen molar-refractivity contribution in [1.29, 1.82) is 0 Å². The average Bonchev–Trinajstić information content (AvgIpc) is 2.98. The van der Waals surface area contributed by atoms with Gasteiger partial charge in [0, 0.05) is 24.5 Å². The van der Waals surface area contributed by atoms with Gasteiger partial charge in [-0.25, -0.2) is 0 Å². The van der Waals surface area contributed by atoms with Crippen molar-refractivity contribution in [3.63, 3.8) is 0 Å². The summed E-state index contributed by atoms with van der Waals surface area (Å²) in [6.07, 6.45) is 3.38. The van der Waals surface area contributed by atoms with Crippen molar-refractivity contribution >= 4 is 10.8 Å². The second-order valence-corrected chi connectivity index (χ2v) is 7.39. The normalized spacial score (nSPS) is 23.3. The summed E-state index contributed by atoms with van der Waals surface area (Å²) in [6, 6.07) is 15.0.